The van der Waals surface area contributed by atoms with Crippen LogP contribution in [0.15, 0.2) is 35.5 Å². The monoisotopic (exact) mass is 259 g/mol. The molecule has 1 aliphatic heterocycles. The standard InChI is InChI=1S/C16H21NO2/c1-12(18-11-13-7-3-2-4-8-13)16-14-9-5-6-10-15(14)17-19-16/h2-4,7-8,12,14,16H,5-6,9-11H2,1H3/t12-,14-,16-/m0/s1. The van der Waals surface area contributed by atoms with Crippen LogP contribution in [0.5, 0.6) is 0 Å². The van der Waals surface area contributed by atoms with Gasteiger partial charge in [0.1, 0.15) is 0 Å². The van der Waals surface area contributed by atoms with Gasteiger partial charge < -0.3 is 9.57 Å². The maximum Gasteiger partial charge on any atom is 0.161 e. The van der Waals surface area contributed by atoms with Crippen molar-refractivity contribution in [2.75, 3.05) is 0 Å². The zero-order valence-electron chi connectivity index (χ0n) is 11.4. The van der Waals surface area contributed by atoms with Gasteiger partial charge in [-0.15, -0.1) is 0 Å². The lowest BCUT2D eigenvalue weighted by atomic mass is 9.82. The van der Waals surface area contributed by atoms with Gasteiger partial charge in [-0.2, -0.15) is 0 Å². The Bertz CT molecular complexity index is 443. The zero-order chi connectivity index (χ0) is 13.1. The zero-order valence-corrected chi connectivity index (χ0v) is 11.4. The fraction of sp³-hybridized carbons (Fsp3) is 0.562. The molecule has 0 radical (unpaired) electrons. The molecule has 0 amide bonds. The van der Waals surface area contributed by atoms with Gasteiger partial charge in [0.25, 0.3) is 0 Å². The molecule has 3 atom stereocenters. The lowest BCUT2D eigenvalue weighted by molar-refractivity contribution is -0.0721. The lowest BCUT2D eigenvalue weighted by Gasteiger charge is -2.26. The van der Waals surface area contributed by atoms with Crippen LogP contribution in [0.4, 0.5) is 0 Å². The second-order valence-corrected chi connectivity index (χ2v) is 5.51. The summed E-state index contributed by atoms with van der Waals surface area (Å²) in [5.74, 6) is 0.486. The highest BCUT2D eigenvalue weighted by Crippen LogP contribution is 2.33. The van der Waals surface area contributed by atoms with E-state index >= 15 is 0 Å². The van der Waals surface area contributed by atoms with Gasteiger partial charge in [0.05, 0.1) is 18.4 Å². The van der Waals surface area contributed by atoms with Crippen molar-refractivity contribution in [2.24, 2.45) is 11.1 Å². The Morgan fingerprint density at radius 1 is 1.32 bits per heavy atom. The van der Waals surface area contributed by atoms with Crippen LogP contribution in [-0.2, 0) is 16.2 Å². The SMILES string of the molecule is C[C@H](OCc1ccccc1)[C@@H]1ON=C2CCCC[C@@H]21. The molecule has 3 rings (SSSR count). The largest absolute Gasteiger partial charge is 0.389 e. The van der Waals surface area contributed by atoms with Crippen LogP contribution < -0.4 is 0 Å². The summed E-state index contributed by atoms with van der Waals surface area (Å²) < 4.78 is 5.96. The molecule has 102 valence electrons. The summed E-state index contributed by atoms with van der Waals surface area (Å²) in [5.41, 5.74) is 2.46. The Morgan fingerprint density at radius 2 is 2.16 bits per heavy atom. The normalized spacial score (nSPS) is 27.3. The topological polar surface area (TPSA) is 30.8 Å². The fourth-order valence-electron chi connectivity index (χ4n) is 3.00. The first kappa shape index (κ1) is 12.7. The average molecular weight is 259 g/mol. The van der Waals surface area contributed by atoms with Crippen molar-refractivity contribution in [3.63, 3.8) is 0 Å². The smallest absolute Gasteiger partial charge is 0.161 e. The molecule has 19 heavy (non-hydrogen) atoms. The van der Waals surface area contributed by atoms with E-state index in [4.69, 9.17) is 9.57 Å². The molecular weight excluding hydrogens is 238 g/mol. The molecule has 0 N–H and O–H groups in total. The predicted octanol–water partition coefficient (Wildman–Crippen LogP) is 3.54. The number of fused-ring (bicyclic) bond motifs is 1. The predicted molar refractivity (Wildman–Crippen MR) is 75.0 cm³/mol. The molecule has 2 aliphatic rings. The molecule has 0 unspecified atom stereocenters. The Morgan fingerprint density at radius 3 is 3.00 bits per heavy atom. The highest BCUT2D eigenvalue weighted by molar-refractivity contribution is 5.88. The van der Waals surface area contributed by atoms with Gasteiger partial charge in [-0.25, -0.2) is 0 Å². The van der Waals surface area contributed by atoms with Gasteiger partial charge in [0, 0.05) is 5.92 Å². The minimum absolute atomic E-state index is 0.0876. The first-order valence-electron chi connectivity index (χ1n) is 7.22. The molecular formula is C16H21NO2. The summed E-state index contributed by atoms with van der Waals surface area (Å²) in [7, 11) is 0. The van der Waals surface area contributed by atoms with E-state index < -0.39 is 0 Å². The van der Waals surface area contributed by atoms with Crippen LogP contribution in [0.1, 0.15) is 38.2 Å². The van der Waals surface area contributed by atoms with Crippen molar-refractivity contribution in [1.29, 1.82) is 0 Å². The van der Waals surface area contributed by atoms with E-state index in [1.807, 2.05) is 18.2 Å². The third kappa shape index (κ3) is 2.81. The highest BCUT2D eigenvalue weighted by Gasteiger charge is 2.39. The molecule has 1 aromatic carbocycles. The van der Waals surface area contributed by atoms with E-state index in [-0.39, 0.29) is 12.2 Å². The summed E-state index contributed by atoms with van der Waals surface area (Å²) in [6.45, 7) is 2.74. The number of rotatable bonds is 4. The Hall–Kier alpha value is -1.35. The minimum Gasteiger partial charge on any atom is -0.389 e. The number of hydrogen-bond donors (Lipinski definition) is 0. The Kier molecular flexibility index (Phi) is 3.83. The van der Waals surface area contributed by atoms with E-state index in [2.05, 4.69) is 24.2 Å². The number of oxime groups is 1. The summed E-state index contributed by atoms with van der Waals surface area (Å²) in [5, 5.41) is 4.25. The van der Waals surface area contributed by atoms with E-state index in [0.717, 1.165) is 6.42 Å². The number of ether oxygens (including phenoxy) is 1. The Balaban J connectivity index is 1.55. The molecule has 0 bridgehead atoms. The van der Waals surface area contributed by atoms with Crippen molar-refractivity contribution < 1.29 is 9.57 Å². The van der Waals surface area contributed by atoms with E-state index in [1.54, 1.807) is 0 Å². The maximum absolute atomic E-state index is 5.96. The van der Waals surface area contributed by atoms with Crippen molar-refractivity contribution in [3.05, 3.63) is 35.9 Å². The second kappa shape index (κ2) is 5.74. The molecule has 1 aliphatic carbocycles. The molecule has 0 aromatic heterocycles. The maximum atomic E-state index is 5.96. The van der Waals surface area contributed by atoms with Crippen LogP contribution in [0.2, 0.25) is 0 Å². The van der Waals surface area contributed by atoms with Crippen molar-refractivity contribution in [3.8, 4) is 0 Å². The highest BCUT2D eigenvalue weighted by atomic mass is 16.7. The van der Waals surface area contributed by atoms with Gasteiger partial charge in [-0.1, -0.05) is 41.9 Å². The van der Waals surface area contributed by atoms with E-state index in [0.29, 0.717) is 12.5 Å². The van der Waals surface area contributed by atoms with E-state index in [1.165, 1.54) is 30.5 Å². The summed E-state index contributed by atoms with van der Waals surface area (Å²) in [6.07, 6.45) is 5.04. The summed E-state index contributed by atoms with van der Waals surface area (Å²) in [6, 6.07) is 10.3. The molecule has 1 fully saturated rings. The van der Waals surface area contributed by atoms with Gasteiger partial charge in [-0.3, -0.25) is 0 Å². The molecule has 1 saturated carbocycles. The Labute approximate surface area is 114 Å². The lowest BCUT2D eigenvalue weighted by Crippen LogP contribution is -2.35. The van der Waals surface area contributed by atoms with Crippen LogP contribution in [0.25, 0.3) is 0 Å². The van der Waals surface area contributed by atoms with Crippen LogP contribution in [0.3, 0.4) is 0 Å². The number of nitrogens with zero attached hydrogens (tertiary/aromatic N) is 1. The van der Waals surface area contributed by atoms with Gasteiger partial charge in [0.15, 0.2) is 6.10 Å². The quantitative estimate of drug-likeness (QED) is 0.828. The summed E-state index contributed by atoms with van der Waals surface area (Å²) in [4.78, 5) is 5.61. The van der Waals surface area contributed by atoms with Gasteiger partial charge in [0.2, 0.25) is 0 Å². The van der Waals surface area contributed by atoms with Crippen LogP contribution in [0, 0.1) is 5.92 Å². The molecule has 0 saturated heterocycles. The fourth-order valence-corrected chi connectivity index (χ4v) is 3.00. The third-order valence-electron chi connectivity index (χ3n) is 4.13. The first-order valence-corrected chi connectivity index (χ1v) is 7.22. The van der Waals surface area contributed by atoms with E-state index in [9.17, 15) is 0 Å². The summed E-state index contributed by atoms with van der Waals surface area (Å²) >= 11 is 0. The molecule has 3 heteroatoms. The van der Waals surface area contributed by atoms with Crippen molar-refractivity contribution in [1.82, 2.24) is 0 Å². The number of benzene rings is 1. The van der Waals surface area contributed by atoms with Gasteiger partial charge >= 0.3 is 0 Å². The number of hydrogen-bond acceptors (Lipinski definition) is 3. The first-order chi connectivity index (χ1) is 9.34. The van der Waals surface area contributed by atoms with Crippen LogP contribution in [-0.4, -0.2) is 17.9 Å². The third-order valence-corrected chi connectivity index (χ3v) is 4.13. The molecule has 0 spiro atoms. The van der Waals surface area contributed by atoms with Gasteiger partial charge in [-0.05, 0) is 31.7 Å². The average Bonchev–Trinajstić information content (AvgIpc) is 2.90. The van der Waals surface area contributed by atoms with Crippen molar-refractivity contribution in [2.45, 2.75) is 51.4 Å². The molecule has 1 heterocycles. The van der Waals surface area contributed by atoms with Crippen LogP contribution >= 0.6 is 0 Å². The van der Waals surface area contributed by atoms with Crippen molar-refractivity contribution >= 4 is 5.71 Å². The minimum atomic E-state index is 0.0876. The second-order valence-electron chi connectivity index (χ2n) is 5.51. The molecule has 1 aromatic rings. The molecule has 3 nitrogen and oxygen atoms in total.